The van der Waals surface area contributed by atoms with Crippen LogP contribution in [-0.2, 0) is 30.3 Å². The van der Waals surface area contributed by atoms with Crippen molar-refractivity contribution in [1.29, 1.82) is 0 Å². The SMILES string of the molecule is Cc1c(Cl)cccc1NS(=O)(=O)c1ccc(NC(=O)CN(c2ccc(C34CC5CC(CC(C5)C3)C4)cc2)S(C)(=O)=O)cc1. The fraction of sp³-hybridized carbons (Fsp3) is 0.406. The summed E-state index contributed by atoms with van der Waals surface area (Å²) < 4.78 is 54.9. The van der Waals surface area contributed by atoms with E-state index in [1.165, 1.54) is 68.4 Å². The Balaban J connectivity index is 1.13. The second-order valence-corrected chi connectivity index (χ2v) is 16.6. The Morgan fingerprint density at radius 1 is 0.884 bits per heavy atom. The third-order valence-corrected chi connectivity index (χ3v) is 12.4. The number of anilines is 3. The first kappa shape index (κ1) is 30.0. The van der Waals surface area contributed by atoms with Crippen LogP contribution in [0.5, 0.6) is 0 Å². The van der Waals surface area contributed by atoms with Gasteiger partial charge in [-0.25, -0.2) is 16.8 Å². The smallest absolute Gasteiger partial charge is 0.261 e. The molecular weight excluding hydrogens is 606 g/mol. The molecule has 4 aliphatic rings. The van der Waals surface area contributed by atoms with Gasteiger partial charge in [0.05, 0.1) is 22.5 Å². The van der Waals surface area contributed by atoms with Crippen LogP contribution >= 0.6 is 11.6 Å². The molecule has 2 N–H and O–H groups in total. The monoisotopic (exact) mass is 641 g/mol. The second kappa shape index (κ2) is 11.1. The average Bonchev–Trinajstić information content (AvgIpc) is 2.93. The summed E-state index contributed by atoms with van der Waals surface area (Å²) in [6.07, 6.45) is 8.79. The molecule has 8 nitrogen and oxygen atoms in total. The molecule has 0 aromatic heterocycles. The van der Waals surface area contributed by atoms with Gasteiger partial charge < -0.3 is 5.32 Å². The molecule has 0 saturated heterocycles. The summed E-state index contributed by atoms with van der Waals surface area (Å²) in [6, 6.07) is 18.4. The number of hydrogen-bond acceptors (Lipinski definition) is 5. The topological polar surface area (TPSA) is 113 Å². The zero-order valence-electron chi connectivity index (χ0n) is 24.2. The fourth-order valence-corrected chi connectivity index (χ4v) is 9.97. The van der Waals surface area contributed by atoms with Crippen molar-refractivity contribution in [2.45, 2.75) is 55.8 Å². The Labute approximate surface area is 258 Å². The van der Waals surface area contributed by atoms with Crippen molar-refractivity contribution < 1.29 is 21.6 Å². The van der Waals surface area contributed by atoms with Crippen LogP contribution in [0.3, 0.4) is 0 Å². The summed E-state index contributed by atoms with van der Waals surface area (Å²) in [4.78, 5) is 13.0. The van der Waals surface area contributed by atoms with E-state index in [1.54, 1.807) is 25.1 Å². The first-order valence-corrected chi connectivity index (χ1v) is 18.3. The molecule has 7 rings (SSSR count). The second-order valence-electron chi connectivity index (χ2n) is 12.6. The highest BCUT2D eigenvalue weighted by molar-refractivity contribution is 7.92. The van der Waals surface area contributed by atoms with Crippen molar-refractivity contribution in [2.24, 2.45) is 17.8 Å². The lowest BCUT2D eigenvalue weighted by molar-refractivity contribution is -0.114. The van der Waals surface area contributed by atoms with Gasteiger partial charge in [0.15, 0.2) is 0 Å². The van der Waals surface area contributed by atoms with Gasteiger partial charge in [0.25, 0.3) is 10.0 Å². The highest BCUT2D eigenvalue weighted by Crippen LogP contribution is 2.60. The summed E-state index contributed by atoms with van der Waals surface area (Å²) in [5.41, 5.74) is 3.24. The normalized spacial score (nSPS) is 24.5. The lowest BCUT2D eigenvalue weighted by Gasteiger charge is -2.57. The Morgan fingerprint density at radius 3 is 2.02 bits per heavy atom. The van der Waals surface area contributed by atoms with Gasteiger partial charge in [-0.2, -0.15) is 0 Å². The average molecular weight is 642 g/mol. The van der Waals surface area contributed by atoms with Crippen LogP contribution < -0.4 is 14.3 Å². The van der Waals surface area contributed by atoms with Crippen molar-refractivity contribution in [3.8, 4) is 0 Å². The molecular formula is C32H36ClN3O5S2. The summed E-state index contributed by atoms with van der Waals surface area (Å²) in [7, 11) is -7.65. The van der Waals surface area contributed by atoms with E-state index in [4.69, 9.17) is 11.6 Å². The molecule has 1 amide bonds. The van der Waals surface area contributed by atoms with Crippen molar-refractivity contribution >= 4 is 54.6 Å². The molecule has 0 aliphatic heterocycles. The van der Waals surface area contributed by atoms with Crippen LogP contribution in [-0.4, -0.2) is 35.5 Å². The number of sulfonamides is 2. The number of carbonyl (C=O) groups is 1. The number of hydrogen-bond donors (Lipinski definition) is 2. The van der Waals surface area contributed by atoms with Gasteiger partial charge in [0.1, 0.15) is 6.54 Å². The highest BCUT2D eigenvalue weighted by atomic mass is 35.5. The summed E-state index contributed by atoms with van der Waals surface area (Å²) in [5, 5.41) is 3.13. The van der Waals surface area contributed by atoms with Crippen molar-refractivity contribution in [2.75, 3.05) is 27.1 Å². The molecule has 3 aromatic carbocycles. The minimum Gasteiger partial charge on any atom is -0.325 e. The molecule has 4 aliphatic carbocycles. The first-order chi connectivity index (χ1) is 20.3. The van der Waals surface area contributed by atoms with Crippen molar-refractivity contribution in [3.05, 3.63) is 82.9 Å². The molecule has 0 spiro atoms. The Kier molecular flexibility index (Phi) is 7.75. The van der Waals surface area contributed by atoms with Gasteiger partial charge in [-0.05, 0) is 128 Å². The van der Waals surface area contributed by atoms with E-state index in [0.717, 1.165) is 28.3 Å². The molecule has 0 atom stereocenters. The Bertz CT molecular complexity index is 1720. The van der Waals surface area contributed by atoms with Gasteiger partial charge in [-0.1, -0.05) is 29.8 Å². The molecule has 4 bridgehead atoms. The molecule has 0 heterocycles. The van der Waals surface area contributed by atoms with Crippen LogP contribution in [0.25, 0.3) is 0 Å². The van der Waals surface area contributed by atoms with Crippen molar-refractivity contribution in [3.63, 3.8) is 0 Å². The third-order valence-electron chi connectivity index (χ3n) is 9.45. The van der Waals surface area contributed by atoms with Gasteiger partial charge in [0, 0.05) is 10.7 Å². The van der Waals surface area contributed by atoms with Crippen LogP contribution in [0.2, 0.25) is 5.02 Å². The number of rotatable bonds is 9. The molecule has 0 radical (unpaired) electrons. The largest absolute Gasteiger partial charge is 0.325 e. The molecule has 4 saturated carbocycles. The van der Waals surface area contributed by atoms with E-state index in [-0.39, 0.29) is 10.3 Å². The lowest BCUT2D eigenvalue weighted by atomic mass is 9.48. The van der Waals surface area contributed by atoms with E-state index >= 15 is 0 Å². The van der Waals surface area contributed by atoms with Crippen LogP contribution in [0, 0.1) is 24.7 Å². The van der Waals surface area contributed by atoms with E-state index in [2.05, 4.69) is 22.2 Å². The number of benzene rings is 3. The summed E-state index contributed by atoms with van der Waals surface area (Å²) in [6.45, 7) is 1.31. The molecule has 228 valence electrons. The predicted octanol–water partition coefficient (Wildman–Crippen LogP) is 6.32. The fourth-order valence-electron chi connectivity index (χ4n) is 7.82. The first-order valence-electron chi connectivity index (χ1n) is 14.6. The number of nitrogens with zero attached hydrogens (tertiary/aromatic N) is 1. The minimum atomic E-state index is -3.90. The highest BCUT2D eigenvalue weighted by Gasteiger charge is 2.51. The maximum atomic E-state index is 13.0. The predicted molar refractivity (Wildman–Crippen MR) is 171 cm³/mol. The summed E-state index contributed by atoms with van der Waals surface area (Å²) >= 11 is 6.11. The van der Waals surface area contributed by atoms with Gasteiger partial charge in [0.2, 0.25) is 15.9 Å². The van der Waals surface area contributed by atoms with E-state index < -0.39 is 32.5 Å². The van der Waals surface area contributed by atoms with Crippen LogP contribution in [0.4, 0.5) is 17.1 Å². The molecule has 4 fully saturated rings. The van der Waals surface area contributed by atoms with Crippen LogP contribution in [0.15, 0.2) is 71.6 Å². The minimum absolute atomic E-state index is 0.00162. The molecule has 43 heavy (non-hydrogen) atoms. The Hall–Kier alpha value is -3.08. The van der Waals surface area contributed by atoms with Gasteiger partial charge in [-0.3, -0.25) is 13.8 Å². The third kappa shape index (κ3) is 6.14. The number of halogens is 1. The zero-order valence-corrected chi connectivity index (χ0v) is 26.6. The number of amides is 1. The molecule has 3 aromatic rings. The standard InChI is InChI=1S/C32H36ClN3O5S2/c1-21-29(33)4-3-5-30(21)35-43(40,41)28-12-8-26(9-13-28)34-31(37)20-36(42(2,38)39)27-10-6-25(7-11-27)32-17-22-14-23(18-32)16-24(15-22)19-32/h3-13,22-24,35H,14-20H2,1-2H3,(H,34,37). The zero-order chi connectivity index (χ0) is 30.6. The maximum absolute atomic E-state index is 13.0. The van der Waals surface area contributed by atoms with E-state index in [0.29, 0.717) is 27.6 Å². The van der Waals surface area contributed by atoms with Crippen LogP contribution in [0.1, 0.15) is 49.7 Å². The van der Waals surface area contributed by atoms with Gasteiger partial charge in [-0.15, -0.1) is 0 Å². The number of carbonyl (C=O) groups excluding carboxylic acids is 1. The van der Waals surface area contributed by atoms with E-state index in [1.807, 2.05) is 12.1 Å². The number of nitrogens with one attached hydrogen (secondary N) is 2. The molecule has 0 unspecified atom stereocenters. The molecule has 11 heteroatoms. The lowest BCUT2D eigenvalue weighted by Crippen LogP contribution is -2.48. The van der Waals surface area contributed by atoms with E-state index in [9.17, 15) is 21.6 Å². The van der Waals surface area contributed by atoms with Gasteiger partial charge >= 0.3 is 0 Å². The quantitative estimate of drug-likeness (QED) is 0.284. The maximum Gasteiger partial charge on any atom is 0.261 e. The Morgan fingerprint density at radius 2 is 1.47 bits per heavy atom. The summed E-state index contributed by atoms with van der Waals surface area (Å²) in [5.74, 6) is 1.87. The van der Waals surface area contributed by atoms with Crippen molar-refractivity contribution in [1.82, 2.24) is 0 Å².